The monoisotopic (exact) mass is 544 g/mol. The zero-order chi connectivity index (χ0) is 27.7. The molecule has 1 aromatic heterocycles. The molecular weight excluding hydrogens is 504 g/mol. The third-order valence-electron chi connectivity index (χ3n) is 6.63. The molecule has 0 saturated carbocycles. The average molecular weight is 545 g/mol. The fraction of sp³-hybridized carbons (Fsp3) is 0.552. The van der Waals surface area contributed by atoms with E-state index in [1.165, 1.54) is 16.7 Å². The van der Waals surface area contributed by atoms with Gasteiger partial charge in [-0.2, -0.15) is 0 Å². The Hall–Kier alpha value is -2.78. The van der Waals surface area contributed by atoms with E-state index in [4.69, 9.17) is 9.15 Å². The van der Waals surface area contributed by atoms with Crippen molar-refractivity contribution in [2.75, 3.05) is 18.9 Å². The van der Waals surface area contributed by atoms with Crippen molar-refractivity contribution in [3.8, 4) is 0 Å². The van der Waals surface area contributed by atoms with Gasteiger partial charge in [0.25, 0.3) is 0 Å². The first-order valence-corrected chi connectivity index (χ1v) is 14.3. The number of ether oxygens (including phenoxy) is 1. The van der Waals surface area contributed by atoms with Gasteiger partial charge >= 0.3 is 11.9 Å². The average Bonchev–Trinajstić information content (AvgIpc) is 3.36. The Morgan fingerprint density at radius 2 is 1.95 bits per heavy atom. The molecular formula is C29H40N2O6S. The molecule has 0 bridgehead atoms. The van der Waals surface area contributed by atoms with Gasteiger partial charge in [-0.05, 0) is 42.4 Å². The Morgan fingerprint density at radius 1 is 1.21 bits per heavy atom. The number of carboxylic acids is 1. The van der Waals surface area contributed by atoms with Crippen molar-refractivity contribution in [1.82, 2.24) is 10.2 Å². The molecule has 3 rings (SSSR count). The van der Waals surface area contributed by atoms with Crippen molar-refractivity contribution in [2.24, 2.45) is 5.41 Å². The van der Waals surface area contributed by atoms with Crippen molar-refractivity contribution in [3.05, 3.63) is 60.1 Å². The van der Waals surface area contributed by atoms with Crippen molar-refractivity contribution >= 4 is 29.6 Å². The maximum Gasteiger partial charge on any atom is 0.326 e. The standard InChI is InChI=1S/C29H40N2O6S/c1-5-6-16-37-28(35)21(15-14-20-11-8-7-9-12-20)30-22-19-38-24(23-13-10-17-36-23)18-31(26(22)32)25(27(33)34)29(2,3)4/h7-13,17,21-22,24-25,30H,5-6,14-16,18-19H2,1-4H3,(H,33,34). The quantitative estimate of drug-likeness (QED) is 0.292. The summed E-state index contributed by atoms with van der Waals surface area (Å²) in [5.41, 5.74) is 0.376. The number of aryl methyl sites for hydroxylation is 1. The van der Waals surface area contributed by atoms with Crippen LogP contribution in [0.4, 0.5) is 0 Å². The number of hydrogen-bond acceptors (Lipinski definition) is 7. The minimum absolute atomic E-state index is 0.194. The zero-order valence-corrected chi connectivity index (χ0v) is 23.5. The number of amides is 1. The second-order valence-electron chi connectivity index (χ2n) is 10.8. The topological polar surface area (TPSA) is 109 Å². The van der Waals surface area contributed by atoms with Crippen LogP contribution in [-0.2, 0) is 25.5 Å². The van der Waals surface area contributed by atoms with E-state index in [1.54, 1.807) is 12.3 Å². The lowest BCUT2D eigenvalue weighted by molar-refractivity contribution is -0.156. The van der Waals surface area contributed by atoms with Crippen molar-refractivity contribution < 1.29 is 28.6 Å². The number of nitrogens with zero attached hydrogens (tertiary/aromatic N) is 1. The molecule has 0 aliphatic carbocycles. The number of furan rings is 1. The maximum atomic E-state index is 13.9. The molecule has 1 amide bonds. The molecule has 4 atom stereocenters. The largest absolute Gasteiger partial charge is 0.480 e. The fourth-order valence-corrected chi connectivity index (χ4v) is 5.89. The zero-order valence-electron chi connectivity index (χ0n) is 22.7. The van der Waals surface area contributed by atoms with Crippen LogP contribution >= 0.6 is 11.8 Å². The van der Waals surface area contributed by atoms with Gasteiger partial charge in [-0.25, -0.2) is 4.79 Å². The molecule has 0 radical (unpaired) electrons. The van der Waals surface area contributed by atoms with Gasteiger partial charge in [0.2, 0.25) is 5.91 Å². The van der Waals surface area contributed by atoms with Crippen molar-refractivity contribution in [3.63, 3.8) is 0 Å². The first-order valence-electron chi connectivity index (χ1n) is 13.3. The van der Waals surface area contributed by atoms with Crippen molar-refractivity contribution in [2.45, 2.75) is 76.8 Å². The van der Waals surface area contributed by atoms with E-state index in [1.807, 2.05) is 64.1 Å². The number of esters is 1. The Bertz CT molecular complexity index is 1040. The second-order valence-corrected chi connectivity index (χ2v) is 12.0. The van der Waals surface area contributed by atoms with Crippen LogP contribution < -0.4 is 5.32 Å². The molecule has 0 spiro atoms. The molecule has 2 N–H and O–H groups in total. The van der Waals surface area contributed by atoms with Gasteiger partial charge in [0.05, 0.1) is 24.2 Å². The SMILES string of the molecule is CCCCOC(=O)C(CCc1ccccc1)NC1CSC(c2ccco2)CN(C(C(=O)O)C(C)(C)C)C1=O. The normalized spacial score (nSPS) is 20.0. The first-order chi connectivity index (χ1) is 18.1. The first kappa shape index (κ1) is 29.8. The summed E-state index contributed by atoms with van der Waals surface area (Å²) in [7, 11) is 0. The highest BCUT2D eigenvalue weighted by molar-refractivity contribution is 7.99. The fourth-order valence-electron chi connectivity index (χ4n) is 4.66. The second kappa shape index (κ2) is 13.8. The van der Waals surface area contributed by atoms with Crippen LogP contribution in [0.15, 0.2) is 53.1 Å². The Kier molecular flexibility index (Phi) is 10.8. The summed E-state index contributed by atoms with van der Waals surface area (Å²) in [5.74, 6) is -0.738. The highest BCUT2D eigenvalue weighted by atomic mass is 32.2. The summed E-state index contributed by atoms with van der Waals surface area (Å²) < 4.78 is 11.2. The number of carbonyl (C=O) groups is 3. The number of carboxylic acid groups (broad SMARTS) is 1. The van der Waals surface area contributed by atoms with Gasteiger partial charge in [-0.3, -0.25) is 14.9 Å². The third kappa shape index (κ3) is 8.11. The Balaban J connectivity index is 1.87. The number of benzene rings is 1. The predicted octanol–water partition coefficient (Wildman–Crippen LogP) is 4.70. The molecule has 2 aromatic rings. The van der Waals surface area contributed by atoms with Gasteiger partial charge < -0.3 is 19.2 Å². The third-order valence-corrected chi connectivity index (χ3v) is 7.94. The highest BCUT2D eigenvalue weighted by Crippen LogP contribution is 2.37. The summed E-state index contributed by atoms with van der Waals surface area (Å²) in [4.78, 5) is 40.9. The molecule has 4 unspecified atom stereocenters. The number of unbranched alkanes of at least 4 members (excludes halogenated alkanes) is 1. The maximum absolute atomic E-state index is 13.9. The molecule has 38 heavy (non-hydrogen) atoms. The lowest BCUT2D eigenvalue weighted by atomic mass is 9.85. The van der Waals surface area contributed by atoms with Crippen LogP contribution in [0.25, 0.3) is 0 Å². The van der Waals surface area contributed by atoms with E-state index in [0.29, 0.717) is 31.0 Å². The molecule has 1 aliphatic heterocycles. The molecule has 8 nitrogen and oxygen atoms in total. The number of aliphatic carboxylic acids is 1. The Morgan fingerprint density at radius 3 is 2.55 bits per heavy atom. The highest BCUT2D eigenvalue weighted by Gasteiger charge is 2.45. The molecule has 2 heterocycles. The smallest absolute Gasteiger partial charge is 0.326 e. The van der Waals surface area contributed by atoms with Crippen LogP contribution in [-0.4, -0.2) is 64.9 Å². The summed E-state index contributed by atoms with van der Waals surface area (Å²) in [6.07, 6.45) is 4.33. The number of hydrogen-bond donors (Lipinski definition) is 2. The van der Waals surface area contributed by atoms with Crippen LogP contribution in [0.3, 0.4) is 0 Å². The van der Waals surface area contributed by atoms with Crippen LogP contribution in [0, 0.1) is 5.41 Å². The van der Waals surface area contributed by atoms with Gasteiger partial charge in [0.1, 0.15) is 17.8 Å². The summed E-state index contributed by atoms with van der Waals surface area (Å²) >= 11 is 1.52. The van der Waals surface area contributed by atoms with Gasteiger partial charge in [0, 0.05) is 12.3 Å². The Labute approximate surface area is 229 Å². The summed E-state index contributed by atoms with van der Waals surface area (Å²) in [5, 5.41) is 13.2. The minimum atomic E-state index is -1.06. The van der Waals surface area contributed by atoms with Crippen LogP contribution in [0.1, 0.15) is 63.5 Å². The van der Waals surface area contributed by atoms with Crippen LogP contribution in [0.2, 0.25) is 0 Å². The summed E-state index contributed by atoms with van der Waals surface area (Å²) in [6.45, 7) is 7.99. The molecule has 1 aromatic carbocycles. The van der Waals surface area contributed by atoms with E-state index in [-0.39, 0.29) is 17.7 Å². The van der Waals surface area contributed by atoms with E-state index in [0.717, 1.165) is 18.4 Å². The van der Waals surface area contributed by atoms with Crippen molar-refractivity contribution in [1.29, 1.82) is 0 Å². The number of rotatable bonds is 12. The lowest BCUT2D eigenvalue weighted by Crippen LogP contribution is -2.59. The van der Waals surface area contributed by atoms with Gasteiger partial charge in [0.15, 0.2) is 0 Å². The molecule has 1 saturated heterocycles. The van der Waals surface area contributed by atoms with E-state index in [9.17, 15) is 19.5 Å². The number of thioether (sulfide) groups is 1. The van der Waals surface area contributed by atoms with Crippen LogP contribution in [0.5, 0.6) is 0 Å². The molecule has 9 heteroatoms. The molecule has 1 aliphatic rings. The molecule has 1 fully saturated rings. The van der Waals surface area contributed by atoms with E-state index < -0.39 is 35.5 Å². The van der Waals surface area contributed by atoms with E-state index in [2.05, 4.69) is 5.32 Å². The van der Waals surface area contributed by atoms with Gasteiger partial charge in [-0.15, -0.1) is 11.8 Å². The number of carbonyl (C=O) groups excluding carboxylic acids is 2. The number of nitrogens with one attached hydrogen (secondary N) is 1. The summed E-state index contributed by atoms with van der Waals surface area (Å²) in [6, 6.07) is 11.0. The lowest BCUT2D eigenvalue weighted by Gasteiger charge is -2.38. The predicted molar refractivity (Wildman–Crippen MR) is 148 cm³/mol. The van der Waals surface area contributed by atoms with Gasteiger partial charge in [-0.1, -0.05) is 64.4 Å². The van der Waals surface area contributed by atoms with E-state index >= 15 is 0 Å². The molecule has 208 valence electrons. The minimum Gasteiger partial charge on any atom is -0.480 e.